The number of ether oxygens (including phenoxy) is 1. The third-order valence-electron chi connectivity index (χ3n) is 5.84. The zero-order valence-corrected chi connectivity index (χ0v) is 15.5. The normalized spacial score (nSPS) is 23.7. The van der Waals surface area contributed by atoms with E-state index in [2.05, 4.69) is 45.9 Å². The topological polar surface area (TPSA) is 26.3 Å². The summed E-state index contributed by atoms with van der Waals surface area (Å²) in [4.78, 5) is 11.7. The fourth-order valence-electron chi connectivity index (χ4n) is 4.27. The van der Waals surface area contributed by atoms with Crippen LogP contribution in [-0.2, 0) is 6.42 Å². The van der Waals surface area contributed by atoms with Crippen molar-refractivity contribution in [2.75, 3.05) is 0 Å². The lowest BCUT2D eigenvalue weighted by molar-refractivity contribution is 0.0869. The summed E-state index contributed by atoms with van der Waals surface area (Å²) in [7, 11) is 0. The number of hydrogen-bond donors (Lipinski definition) is 0. The highest BCUT2D eigenvalue weighted by Crippen LogP contribution is 2.40. The van der Waals surface area contributed by atoms with E-state index in [0.29, 0.717) is 5.41 Å². The predicted molar refractivity (Wildman–Crippen MR) is 99.8 cm³/mol. The molecule has 1 aromatic rings. The van der Waals surface area contributed by atoms with Gasteiger partial charge >= 0.3 is 0 Å². The Kier molecular flexibility index (Phi) is 4.85. The van der Waals surface area contributed by atoms with E-state index < -0.39 is 0 Å². The van der Waals surface area contributed by atoms with Crippen LogP contribution in [0.3, 0.4) is 0 Å². The van der Waals surface area contributed by atoms with Crippen LogP contribution in [0.4, 0.5) is 0 Å². The molecule has 0 atom stereocenters. The van der Waals surface area contributed by atoms with Crippen molar-refractivity contribution in [1.82, 2.24) is 0 Å². The van der Waals surface area contributed by atoms with Crippen LogP contribution in [-0.4, -0.2) is 12.4 Å². The molecule has 2 aliphatic rings. The molecular formula is C22H30O2. The number of benzene rings is 1. The molecule has 2 heteroatoms. The fraction of sp³-hybridized carbons (Fsp3) is 0.591. The third-order valence-corrected chi connectivity index (χ3v) is 5.84. The highest BCUT2D eigenvalue weighted by molar-refractivity contribution is 5.85. The number of allylic oxidation sites excluding steroid dienone is 1. The monoisotopic (exact) mass is 326 g/mol. The summed E-state index contributed by atoms with van der Waals surface area (Å²) < 4.78 is 6.33. The minimum absolute atomic E-state index is 0.249. The highest BCUT2D eigenvalue weighted by Gasteiger charge is 2.31. The van der Waals surface area contributed by atoms with Crippen molar-refractivity contribution in [1.29, 1.82) is 0 Å². The van der Waals surface area contributed by atoms with Gasteiger partial charge in [0, 0.05) is 0 Å². The Balaban J connectivity index is 1.78. The molecule has 1 aromatic carbocycles. The lowest BCUT2D eigenvalue weighted by Gasteiger charge is -2.37. The Labute approximate surface area is 146 Å². The fourth-order valence-corrected chi connectivity index (χ4v) is 4.27. The van der Waals surface area contributed by atoms with E-state index in [-0.39, 0.29) is 6.10 Å². The second-order valence-corrected chi connectivity index (χ2v) is 8.51. The van der Waals surface area contributed by atoms with E-state index >= 15 is 0 Å². The molecule has 3 rings (SSSR count). The molecule has 1 fully saturated rings. The van der Waals surface area contributed by atoms with Gasteiger partial charge in [-0.25, -0.2) is 0 Å². The zero-order chi connectivity index (χ0) is 17.3. The van der Waals surface area contributed by atoms with Gasteiger partial charge in [0.05, 0.1) is 11.7 Å². The van der Waals surface area contributed by atoms with Gasteiger partial charge in [-0.2, -0.15) is 0 Å². The SMILES string of the molecule is Cc1cc(OC2CCC(C(C)(C)C)CC2)c(C=O)c2c1C=CCC2. The van der Waals surface area contributed by atoms with Crippen LogP contribution in [0.5, 0.6) is 5.75 Å². The molecule has 0 aromatic heterocycles. The van der Waals surface area contributed by atoms with E-state index in [1.54, 1.807) is 0 Å². The first kappa shape index (κ1) is 17.3. The van der Waals surface area contributed by atoms with Crippen molar-refractivity contribution < 1.29 is 9.53 Å². The van der Waals surface area contributed by atoms with E-state index in [4.69, 9.17) is 4.74 Å². The van der Waals surface area contributed by atoms with E-state index in [9.17, 15) is 4.79 Å². The van der Waals surface area contributed by atoms with Crippen LogP contribution in [0.2, 0.25) is 0 Å². The van der Waals surface area contributed by atoms with E-state index in [1.165, 1.54) is 29.5 Å². The molecule has 0 unspecified atom stereocenters. The lowest BCUT2D eigenvalue weighted by Crippen LogP contribution is -2.30. The number of carbonyl (C=O) groups is 1. The van der Waals surface area contributed by atoms with Crippen LogP contribution in [0, 0.1) is 18.3 Å². The molecule has 0 amide bonds. The van der Waals surface area contributed by atoms with Crippen LogP contribution < -0.4 is 4.74 Å². The van der Waals surface area contributed by atoms with Crippen molar-refractivity contribution in [3.63, 3.8) is 0 Å². The Bertz CT molecular complexity index is 641. The van der Waals surface area contributed by atoms with Gasteiger partial charge in [0.2, 0.25) is 0 Å². The number of aldehydes is 1. The van der Waals surface area contributed by atoms with E-state index in [0.717, 1.165) is 49.2 Å². The molecule has 0 aliphatic heterocycles. The molecule has 0 saturated heterocycles. The summed E-state index contributed by atoms with van der Waals surface area (Å²) in [6.45, 7) is 9.13. The van der Waals surface area contributed by atoms with Crippen LogP contribution in [0.25, 0.3) is 6.08 Å². The Hall–Kier alpha value is -1.57. The molecule has 0 radical (unpaired) electrons. The van der Waals surface area contributed by atoms with Gasteiger partial charge in [-0.05, 0) is 79.5 Å². The zero-order valence-electron chi connectivity index (χ0n) is 15.5. The Morgan fingerprint density at radius 3 is 2.50 bits per heavy atom. The first-order valence-corrected chi connectivity index (χ1v) is 9.35. The van der Waals surface area contributed by atoms with Gasteiger partial charge in [0.1, 0.15) is 5.75 Å². The lowest BCUT2D eigenvalue weighted by atomic mass is 9.72. The third kappa shape index (κ3) is 3.43. The Morgan fingerprint density at radius 2 is 1.88 bits per heavy atom. The molecule has 2 nitrogen and oxygen atoms in total. The average Bonchev–Trinajstić information content (AvgIpc) is 2.55. The van der Waals surface area contributed by atoms with Crippen LogP contribution >= 0.6 is 0 Å². The molecule has 1 saturated carbocycles. The summed E-state index contributed by atoms with van der Waals surface area (Å²) in [5.74, 6) is 1.58. The van der Waals surface area contributed by atoms with Crippen molar-refractivity contribution in [2.24, 2.45) is 11.3 Å². The molecule has 0 spiro atoms. The minimum Gasteiger partial charge on any atom is -0.490 e. The summed E-state index contributed by atoms with van der Waals surface area (Å²) in [6, 6.07) is 2.06. The molecular weight excluding hydrogens is 296 g/mol. The van der Waals surface area contributed by atoms with Gasteiger partial charge < -0.3 is 4.74 Å². The maximum Gasteiger partial charge on any atom is 0.154 e. The van der Waals surface area contributed by atoms with Gasteiger partial charge in [-0.1, -0.05) is 32.9 Å². The first-order valence-electron chi connectivity index (χ1n) is 9.35. The number of fused-ring (bicyclic) bond motifs is 1. The average molecular weight is 326 g/mol. The quantitative estimate of drug-likeness (QED) is 0.661. The van der Waals surface area contributed by atoms with Gasteiger partial charge in [-0.15, -0.1) is 0 Å². The van der Waals surface area contributed by atoms with Gasteiger partial charge in [0.25, 0.3) is 0 Å². The molecule has 0 N–H and O–H groups in total. The highest BCUT2D eigenvalue weighted by atomic mass is 16.5. The second kappa shape index (κ2) is 6.74. The largest absolute Gasteiger partial charge is 0.490 e. The number of hydrogen-bond acceptors (Lipinski definition) is 2. The standard InChI is InChI=1S/C22H30O2/c1-15-13-21(20(14-23)19-8-6-5-7-18(15)19)24-17-11-9-16(10-12-17)22(2,3)4/h5,7,13-14,16-17H,6,8-12H2,1-4H3. The Morgan fingerprint density at radius 1 is 1.17 bits per heavy atom. The maximum absolute atomic E-state index is 11.7. The summed E-state index contributed by atoms with van der Waals surface area (Å²) in [6.07, 6.45) is 12.2. The molecule has 24 heavy (non-hydrogen) atoms. The number of aryl methyl sites for hydroxylation is 1. The van der Waals surface area contributed by atoms with Crippen molar-refractivity contribution in [2.45, 2.75) is 72.3 Å². The first-order chi connectivity index (χ1) is 11.4. The molecule has 0 heterocycles. The number of rotatable bonds is 3. The van der Waals surface area contributed by atoms with Crippen LogP contribution in [0.1, 0.15) is 79.9 Å². The van der Waals surface area contributed by atoms with Gasteiger partial charge in [-0.3, -0.25) is 4.79 Å². The summed E-state index contributed by atoms with van der Waals surface area (Å²) >= 11 is 0. The number of carbonyl (C=O) groups excluding carboxylic acids is 1. The minimum atomic E-state index is 0.249. The maximum atomic E-state index is 11.7. The second-order valence-electron chi connectivity index (χ2n) is 8.51. The predicted octanol–water partition coefficient (Wildman–Crippen LogP) is 5.75. The molecule has 130 valence electrons. The van der Waals surface area contributed by atoms with Crippen molar-refractivity contribution >= 4 is 12.4 Å². The smallest absolute Gasteiger partial charge is 0.154 e. The molecule has 2 aliphatic carbocycles. The van der Waals surface area contributed by atoms with Crippen LogP contribution in [0.15, 0.2) is 12.1 Å². The summed E-state index contributed by atoms with van der Waals surface area (Å²) in [5.41, 5.74) is 4.76. The summed E-state index contributed by atoms with van der Waals surface area (Å²) in [5, 5.41) is 0. The van der Waals surface area contributed by atoms with Crippen molar-refractivity contribution in [3.05, 3.63) is 34.4 Å². The molecule has 0 bridgehead atoms. The van der Waals surface area contributed by atoms with Crippen molar-refractivity contribution in [3.8, 4) is 5.75 Å². The van der Waals surface area contributed by atoms with E-state index in [1.807, 2.05) is 0 Å². The van der Waals surface area contributed by atoms with Gasteiger partial charge in [0.15, 0.2) is 6.29 Å².